The van der Waals surface area contributed by atoms with Crippen LogP contribution >= 0.6 is 34.0 Å². The van der Waals surface area contributed by atoms with E-state index in [0.717, 1.165) is 35.4 Å². The summed E-state index contributed by atoms with van der Waals surface area (Å²) >= 11 is 5.27. The summed E-state index contributed by atoms with van der Waals surface area (Å²) in [5.41, 5.74) is 4.16. The predicted molar refractivity (Wildman–Crippen MR) is 360 cm³/mol. The normalized spacial score (nSPS) is 12.6. The Morgan fingerprint density at radius 1 is 0.287 bits per heavy atom. The van der Waals surface area contributed by atoms with Gasteiger partial charge in [0, 0.05) is 16.3 Å². The number of carbonyl (C=O) groups excluding carboxylic acids is 2. The van der Waals surface area contributed by atoms with Crippen LogP contribution in [0.4, 0.5) is 0 Å². The van der Waals surface area contributed by atoms with Gasteiger partial charge in [0.05, 0.1) is 20.9 Å². The van der Waals surface area contributed by atoms with E-state index >= 15 is 0 Å². The van der Waals surface area contributed by atoms with E-state index in [2.05, 4.69) is 43.7 Å². The molecule has 0 unspecified atom stereocenters. The molecule has 0 saturated carbocycles. The molecule has 3 nitrogen and oxygen atoms in total. The third-order valence-corrected chi connectivity index (χ3v) is 21.5. The van der Waals surface area contributed by atoms with Gasteiger partial charge in [-0.2, -0.15) is 0 Å². The molecule has 0 radical (unpaired) electrons. The summed E-state index contributed by atoms with van der Waals surface area (Å²) < 4.78 is 0. The maximum Gasteiger partial charge on any atom is 0.263 e. The van der Waals surface area contributed by atoms with Crippen molar-refractivity contribution in [2.75, 3.05) is 6.54 Å². The van der Waals surface area contributed by atoms with Crippen LogP contribution in [0.2, 0.25) is 0 Å². The van der Waals surface area contributed by atoms with E-state index in [0.29, 0.717) is 17.7 Å². The molecule has 4 heterocycles. The molecule has 4 rings (SSSR count). The maximum absolute atomic E-state index is 14.4. The van der Waals surface area contributed by atoms with Gasteiger partial charge in [-0.15, -0.1) is 34.0 Å². The first-order chi connectivity index (χ1) is 39.6. The zero-order valence-electron chi connectivity index (χ0n) is 53.1. The summed E-state index contributed by atoms with van der Waals surface area (Å²) in [5, 5.41) is 4.66. The number of hydrogen-bond donors (Lipinski definition) is 0. The summed E-state index contributed by atoms with van der Waals surface area (Å²) in [6.45, 7) is 7.45. The number of rotatable bonds is 59. The fourth-order valence-electron chi connectivity index (χ4n) is 12.6. The van der Waals surface area contributed by atoms with Crippen LogP contribution in [0.1, 0.15) is 399 Å². The average Bonchev–Trinajstić information content (AvgIpc) is 4.29. The lowest BCUT2D eigenvalue weighted by molar-refractivity contribution is 0.0651. The molecule has 2 amide bonds. The SMILES string of the molecule is CCCCCCCCCCCCCCCCCCCCc1csc(-c2sc(-c3cc(CCCCCCCCCCCCCCCCCCCC)cs3)c3c2C(=O)N(CCCCCCCCCCCCCCCCCCCC)C3=O)c1. The Morgan fingerprint density at radius 2 is 0.500 bits per heavy atom. The number of hydrogen-bond acceptors (Lipinski definition) is 5. The number of unbranched alkanes of at least 4 members (excludes halogenated alkanes) is 51. The van der Waals surface area contributed by atoms with Crippen molar-refractivity contribution in [2.24, 2.45) is 0 Å². The number of amides is 2. The first kappa shape index (κ1) is 70.7. The zero-order valence-corrected chi connectivity index (χ0v) is 55.6. The third-order valence-electron chi connectivity index (χ3n) is 18.0. The predicted octanol–water partition coefficient (Wildman–Crippen LogP) is 27.0. The van der Waals surface area contributed by atoms with Crippen LogP contribution in [0.5, 0.6) is 0 Å². The molecule has 458 valence electrons. The number of thiophene rings is 3. The molecular weight excluding hydrogens is 1030 g/mol. The van der Waals surface area contributed by atoms with E-state index in [1.165, 1.54) is 355 Å². The van der Waals surface area contributed by atoms with Gasteiger partial charge in [-0.1, -0.05) is 348 Å². The fraction of sp³-hybridized carbons (Fsp3) is 0.811. The van der Waals surface area contributed by atoms with Gasteiger partial charge in [0.15, 0.2) is 0 Å². The first-order valence-corrected chi connectivity index (χ1v) is 38.3. The molecule has 0 aliphatic carbocycles. The minimum Gasteiger partial charge on any atom is -0.274 e. The molecule has 3 aromatic heterocycles. The number of carbonyl (C=O) groups is 2. The third kappa shape index (κ3) is 31.9. The molecule has 6 heteroatoms. The highest BCUT2D eigenvalue weighted by molar-refractivity contribution is 7.26. The number of fused-ring (bicyclic) bond motifs is 1. The Balaban J connectivity index is 1.17. The van der Waals surface area contributed by atoms with Crippen molar-refractivity contribution >= 4 is 45.8 Å². The smallest absolute Gasteiger partial charge is 0.263 e. The Kier molecular flexibility index (Phi) is 43.8. The van der Waals surface area contributed by atoms with Crippen molar-refractivity contribution in [1.29, 1.82) is 0 Å². The molecule has 0 N–H and O–H groups in total. The molecular formula is C74H127NO2S3. The Hall–Kier alpha value is -1.76. The van der Waals surface area contributed by atoms with Gasteiger partial charge in [-0.3, -0.25) is 14.5 Å². The largest absolute Gasteiger partial charge is 0.274 e. The van der Waals surface area contributed by atoms with Crippen molar-refractivity contribution in [3.05, 3.63) is 45.1 Å². The Labute approximate surface area is 508 Å². The van der Waals surface area contributed by atoms with Crippen LogP contribution in [0.25, 0.3) is 19.5 Å². The van der Waals surface area contributed by atoms with Gasteiger partial charge < -0.3 is 0 Å². The fourth-order valence-corrected chi connectivity index (χ4v) is 16.1. The second-order valence-corrected chi connectivity index (χ2v) is 28.3. The second-order valence-electron chi connectivity index (χ2n) is 25.4. The van der Waals surface area contributed by atoms with E-state index in [4.69, 9.17) is 0 Å². The van der Waals surface area contributed by atoms with Crippen molar-refractivity contribution in [3.8, 4) is 19.5 Å². The van der Waals surface area contributed by atoms with E-state index < -0.39 is 0 Å². The summed E-state index contributed by atoms with van der Waals surface area (Å²) in [6.07, 6.45) is 76.6. The van der Waals surface area contributed by atoms with Gasteiger partial charge in [0.1, 0.15) is 0 Å². The zero-order chi connectivity index (χ0) is 56.6. The van der Waals surface area contributed by atoms with Gasteiger partial charge in [0.2, 0.25) is 0 Å². The highest BCUT2D eigenvalue weighted by atomic mass is 32.1. The van der Waals surface area contributed by atoms with Crippen LogP contribution in [0.15, 0.2) is 22.9 Å². The molecule has 1 aliphatic rings. The second kappa shape index (κ2) is 49.5. The molecule has 0 saturated heterocycles. The van der Waals surface area contributed by atoms with Crippen LogP contribution in [-0.4, -0.2) is 23.3 Å². The quantitative estimate of drug-likeness (QED) is 0.0417. The van der Waals surface area contributed by atoms with Crippen molar-refractivity contribution < 1.29 is 9.59 Å². The molecule has 1 aliphatic heterocycles. The van der Waals surface area contributed by atoms with Crippen molar-refractivity contribution in [1.82, 2.24) is 4.90 Å². The summed E-state index contributed by atoms with van der Waals surface area (Å²) in [7, 11) is 0. The minimum absolute atomic E-state index is 0.0523. The molecule has 0 bridgehead atoms. The molecule has 0 fully saturated rings. The lowest BCUT2D eigenvalue weighted by Crippen LogP contribution is -2.31. The minimum atomic E-state index is -0.0523. The molecule has 80 heavy (non-hydrogen) atoms. The summed E-state index contributed by atoms with van der Waals surface area (Å²) in [4.78, 5) is 34.9. The van der Waals surface area contributed by atoms with Crippen LogP contribution in [-0.2, 0) is 12.8 Å². The maximum atomic E-state index is 14.4. The van der Waals surface area contributed by atoms with Crippen molar-refractivity contribution in [2.45, 2.75) is 380 Å². The van der Waals surface area contributed by atoms with Gasteiger partial charge in [-0.05, 0) is 66.1 Å². The van der Waals surface area contributed by atoms with Gasteiger partial charge >= 0.3 is 0 Å². The average molecular weight is 1160 g/mol. The van der Waals surface area contributed by atoms with E-state index in [1.54, 1.807) is 38.9 Å². The van der Waals surface area contributed by atoms with Crippen LogP contribution in [0, 0.1) is 0 Å². The molecule has 0 spiro atoms. The van der Waals surface area contributed by atoms with Crippen LogP contribution in [0.3, 0.4) is 0 Å². The lowest BCUT2D eigenvalue weighted by atomic mass is 10.0. The van der Waals surface area contributed by atoms with Crippen LogP contribution < -0.4 is 0 Å². The number of imide groups is 1. The van der Waals surface area contributed by atoms with Gasteiger partial charge in [0.25, 0.3) is 11.8 Å². The first-order valence-electron chi connectivity index (χ1n) is 35.8. The lowest BCUT2D eigenvalue weighted by Gasteiger charge is -2.14. The monoisotopic (exact) mass is 1160 g/mol. The topological polar surface area (TPSA) is 37.4 Å². The Bertz CT molecular complexity index is 1790. The highest BCUT2D eigenvalue weighted by Crippen LogP contribution is 2.49. The van der Waals surface area contributed by atoms with Crippen molar-refractivity contribution in [3.63, 3.8) is 0 Å². The Morgan fingerprint density at radius 3 is 0.738 bits per heavy atom. The standard InChI is InChI=1S/C74H127NO2S3/c1-4-7-10-13-16-19-22-25-28-31-34-37-40-43-46-49-52-55-58-65-61-67(78-63-65)71-69-70(74(77)75(73(69)76)60-57-54-51-48-45-42-39-36-33-30-27-24-21-18-15-12-9-6-3)72(80-71)68-62-66(64-79-68)59-56-53-50-47-44-41-38-35-32-29-26-23-20-17-14-11-8-5-2/h61-64H,4-60H2,1-3H3. The van der Waals surface area contributed by atoms with E-state index in [9.17, 15) is 9.59 Å². The molecule has 0 atom stereocenters. The van der Waals surface area contributed by atoms with Gasteiger partial charge in [-0.25, -0.2) is 0 Å². The number of aryl methyl sites for hydroxylation is 2. The highest BCUT2D eigenvalue weighted by Gasteiger charge is 2.42. The summed E-state index contributed by atoms with van der Waals surface area (Å²) in [6, 6.07) is 4.70. The molecule has 3 aromatic rings. The van der Waals surface area contributed by atoms with E-state index in [1.807, 2.05) is 0 Å². The summed E-state index contributed by atoms with van der Waals surface area (Å²) in [5.74, 6) is -0.105. The number of nitrogens with zero attached hydrogens (tertiary/aromatic N) is 1. The molecule has 0 aromatic carbocycles. The van der Waals surface area contributed by atoms with E-state index in [-0.39, 0.29) is 11.8 Å².